The van der Waals surface area contributed by atoms with Crippen molar-refractivity contribution in [3.8, 4) is 0 Å². The summed E-state index contributed by atoms with van der Waals surface area (Å²) in [7, 11) is -6.38. The summed E-state index contributed by atoms with van der Waals surface area (Å²) in [6.45, 7) is 0. The molecule has 176 valence electrons. The Kier molecular flexibility index (Phi) is 7.12. The highest BCUT2D eigenvalue weighted by Gasteiger charge is 2.49. The van der Waals surface area contributed by atoms with Gasteiger partial charge in [-0.2, -0.15) is 0 Å². The van der Waals surface area contributed by atoms with Gasteiger partial charge in [0.05, 0.1) is 0 Å². The van der Waals surface area contributed by atoms with Crippen LogP contribution in [-0.2, 0) is 9.13 Å². The molecule has 5 rings (SSSR count). The van der Waals surface area contributed by atoms with E-state index in [9.17, 15) is 0 Å². The molecule has 0 spiro atoms. The largest absolute Gasteiger partial charge is 0.313 e. The van der Waals surface area contributed by atoms with Crippen LogP contribution in [0.1, 0.15) is 12.8 Å². The third kappa shape index (κ3) is 4.36. The first-order chi connectivity index (χ1) is 17.1. The van der Waals surface area contributed by atoms with Crippen molar-refractivity contribution in [3.05, 3.63) is 132 Å². The van der Waals surface area contributed by atoms with Gasteiger partial charge < -0.3 is 9.13 Å². The van der Waals surface area contributed by atoms with Crippen LogP contribution >= 0.6 is 30.2 Å². The van der Waals surface area contributed by atoms with Gasteiger partial charge in [-0.15, -0.1) is 0 Å². The Balaban J connectivity index is 1.78. The van der Waals surface area contributed by atoms with Crippen LogP contribution < -0.4 is 21.2 Å². The highest BCUT2D eigenvalue weighted by molar-refractivity contribution is 9.10. The fourth-order valence-corrected chi connectivity index (χ4v) is 14.0. The Morgan fingerprint density at radius 1 is 0.600 bits per heavy atom. The topological polar surface area (TPSA) is 34.1 Å². The second-order valence-corrected chi connectivity index (χ2v) is 15.6. The fraction of sp³-hybridized carbons (Fsp3) is 0.133. The number of hydrogen-bond acceptors (Lipinski definition) is 2. The molecule has 0 amide bonds. The second kappa shape index (κ2) is 10.3. The molecule has 4 aromatic carbocycles. The lowest BCUT2D eigenvalue weighted by Gasteiger charge is -2.39. The summed E-state index contributed by atoms with van der Waals surface area (Å²) in [4.78, 5) is 0. The third-order valence-electron chi connectivity index (χ3n) is 6.87. The minimum atomic E-state index is -3.24. The van der Waals surface area contributed by atoms with Gasteiger partial charge in [-0.25, -0.2) is 0 Å². The molecule has 0 heterocycles. The van der Waals surface area contributed by atoms with Crippen LogP contribution in [0.5, 0.6) is 0 Å². The summed E-state index contributed by atoms with van der Waals surface area (Å²) >= 11 is 3.69. The summed E-state index contributed by atoms with van der Waals surface area (Å²) in [5.74, 6) is 0. The van der Waals surface area contributed by atoms with E-state index < -0.39 is 19.9 Å². The molecular formula is C30H27BrO2P2. The molecule has 0 saturated heterocycles. The molecule has 0 bridgehead atoms. The summed E-state index contributed by atoms with van der Waals surface area (Å²) < 4.78 is 31.7. The van der Waals surface area contributed by atoms with Crippen LogP contribution in [0.4, 0.5) is 0 Å². The lowest BCUT2D eigenvalue weighted by atomic mass is 10.1. The molecule has 0 radical (unpaired) electrons. The van der Waals surface area contributed by atoms with Crippen molar-refractivity contribution in [2.75, 3.05) is 0 Å². The van der Waals surface area contributed by atoms with E-state index in [2.05, 4.69) is 28.1 Å². The number of allylic oxidation sites excluding steroid dienone is 2. The third-order valence-corrected chi connectivity index (χ3v) is 15.3. The molecule has 1 unspecified atom stereocenters. The van der Waals surface area contributed by atoms with Crippen molar-refractivity contribution >= 4 is 51.4 Å². The van der Waals surface area contributed by atoms with E-state index in [1.165, 1.54) is 0 Å². The van der Waals surface area contributed by atoms with Crippen LogP contribution in [0.3, 0.4) is 0 Å². The molecule has 0 saturated carbocycles. The molecule has 5 heteroatoms. The van der Waals surface area contributed by atoms with Crippen LogP contribution in [0.2, 0.25) is 0 Å². The molecule has 1 aliphatic rings. The van der Waals surface area contributed by atoms with E-state index in [0.717, 1.165) is 32.1 Å². The fourth-order valence-electron chi connectivity index (χ4n) is 5.24. The molecule has 1 aliphatic carbocycles. The SMILES string of the molecule is O=P(c1ccccc1)(c1ccccc1Br)[C@@H]1C=CCC[C@H]1P(=O)(c1ccccc1)c1ccccc1. The van der Waals surface area contributed by atoms with Crippen molar-refractivity contribution in [1.82, 2.24) is 0 Å². The predicted molar refractivity (Wildman–Crippen MR) is 153 cm³/mol. The summed E-state index contributed by atoms with van der Waals surface area (Å²) in [5, 5.41) is 3.22. The van der Waals surface area contributed by atoms with E-state index in [1.54, 1.807) is 0 Å². The van der Waals surface area contributed by atoms with Gasteiger partial charge in [0.25, 0.3) is 0 Å². The molecule has 0 aliphatic heterocycles. The van der Waals surface area contributed by atoms with Crippen molar-refractivity contribution in [3.63, 3.8) is 0 Å². The van der Waals surface area contributed by atoms with E-state index in [-0.39, 0.29) is 5.66 Å². The first-order valence-corrected chi connectivity index (χ1v) is 16.2. The normalized spacial score (nSPS) is 19.7. The zero-order valence-electron chi connectivity index (χ0n) is 19.3. The maximum Gasteiger partial charge on any atom is 0.151 e. The van der Waals surface area contributed by atoms with Gasteiger partial charge in [0.2, 0.25) is 0 Å². The van der Waals surface area contributed by atoms with E-state index >= 15 is 9.13 Å². The van der Waals surface area contributed by atoms with Crippen molar-refractivity contribution < 1.29 is 9.13 Å². The predicted octanol–water partition coefficient (Wildman–Crippen LogP) is 6.86. The van der Waals surface area contributed by atoms with Gasteiger partial charge in [0, 0.05) is 37.0 Å². The van der Waals surface area contributed by atoms with E-state index in [4.69, 9.17) is 0 Å². The molecule has 2 nitrogen and oxygen atoms in total. The van der Waals surface area contributed by atoms with Crippen LogP contribution in [0, 0.1) is 0 Å². The Morgan fingerprint density at radius 2 is 1.06 bits per heavy atom. The van der Waals surface area contributed by atoms with Crippen molar-refractivity contribution in [1.29, 1.82) is 0 Å². The first-order valence-electron chi connectivity index (χ1n) is 11.8. The highest BCUT2D eigenvalue weighted by atomic mass is 79.9. The highest BCUT2D eigenvalue weighted by Crippen LogP contribution is 2.63. The summed E-state index contributed by atoms with van der Waals surface area (Å²) in [6, 6.07) is 37.1. The summed E-state index contributed by atoms with van der Waals surface area (Å²) in [5.41, 5.74) is -0.695. The minimum absolute atomic E-state index is 0.296. The molecule has 35 heavy (non-hydrogen) atoms. The van der Waals surface area contributed by atoms with Gasteiger partial charge in [-0.1, -0.05) is 137 Å². The maximum absolute atomic E-state index is 15.5. The average molecular weight is 561 g/mol. The maximum atomic E-state index is 15.5. The van der Waals surface area contributed by atoms with E-state index in [1.807, 2.05) is 115 Å². The molecule has 3 atom stereocenters. The summed E-state index contributed by atoms with van der Waals surface area (Å²) in [6.07, 6.45) is 5.73. The smallest absolute Gasteiger partial charge is 0.151 e. The van der Waals surface area contributed by atoms with Gasteiger partial charge in [-0.3, -0.25) is 0 Å². The van der Waals surface area contributed by atoms with Crippen LogP contribution in [0.15, 0.2) is 132 Å². The zero-order valence-corrected chi connectivity index (χ0v) is 22.7. The Labute approximate surface area is 216 Å². The van der Waals surface area contributed by atoms with Crippen LogP contribution in [-0.4, -0.2) is 11.3 Å². The lowest BCUT2D eigenvalue weighted by molar-refractivity contribution is 0.557. The molecule has 4 aromatic rings. The van der Waals surface area contributed by atoms with Crippen molar-refractivity contribution in [2.24, 2.45) is 0 Å². The second-order valence-electron chi connectivity index (χ2n) is 8.84. The minimum Gasteiger partial charge on any atom is -0.313 e. The Morgan fingerprint density at radius 3 is 1.57 bits per heavy atom. The molecular weight excluding hydrogens is 534 g/mol. The number of hydrogen-bond donors (Lipinski definition) is 0. The Bertz CT molecular complexity index is 1380. The number of benzene rings is 4. The lowest BCUT2D eigenvalue weighted by Crippen LogP contribution is -2.39. The van der Waals surface area contributed by atoms with Crippen LogP contribution in [0.25, 0.3) is 0 Å². The quantitative estimate of drug-likeness (QED) is 0.190. The molecule has 0 fully saturated rings. The molecule has 0 aromatic heterocycles. The number of halogens is 1. The first kappa shape index (κ1) is 24.3. The standard InChI is InChI=1S/C30H27BrO2P2/c31-27-20-10-11-21-28(27)35(33,26-18-8-3-9-19-26)30-23-13-12-22-29(30)34(32,24-14-4-1-5-15-24)25-16-6-2-7-17-25/h1-11,13-21,23,29-30H,12,22H2/t29-,30-,35?/m1/s1. The molecule has 0 N–H and O–H groups in total. The van der Waals surface area contributed by atoms with Crippen molar-refractivity contribution in [2.45, 2.75) is 24.2 Å². The average Bonchev–Trinajstić information content (AvgIpc) is 2.94. The zero-order chi connectivity index (χ0) is 24.3. The van der Waals surface area contributed by atoms with E-state index in [0.29, 0.717) is 6.42 Å². The monoisotopic (exact) mass is 560 g/mol. The van der Waals surface area contributed by atoms with Gasteiger partial charge in [-0.05, 0) is 18.9 Å². The van der Waals surface area contributed by atoms with Gasteiger partial charge in [0.1, 0.15) is 7.14 Å². The van der Waals surface area contributed by atoms with Gasteiger partial charge >= 0.3 is 0 Å². The number of rotatable bonds is 6. The van der Waals surface area contributed by atoms with Gasteiger partial charge in [0.15, 0.2) is 7.14 Å². The Hall–Kier alpha value is -2.44.